The highest BCUT2D eigenvalue weighted by Crippen LogP contribution is 2.38. The second-order valence-corrected chi connectivity index (χ2v) is 8.05. The summed E-state index contributed by atoms with van der Waals surface area (Å²) >= 11 is 17.6. The fourth-order valence-corrected chi connectivity index (χ4v) is 4.26. The summed E-state index contributed by atoms with van der Waals surface area (Å²) in [6.07, 6.45) is 1.87. The molecule has 0 bridgehead atoms. The van der Waals surface area contributed by atoms with E-state index in [9.17, 15) is 4.79 Å². The van der Waals surface area contributed by atoms with E-state index in [0.29, 0.717) is 19.9 Å². The molecular weight excluding hydrogens is 410 g/mol. The van der Waals surface area contributed by atoms with Crippen LogP contribution in [0.1, 0.15) is 4.88 Å². The highest BCUT2D eigenvalue weighted by Gasteiger charge is 2.33. The van der Waals surface area contributed by atoms with Crippen LogP contribution in [0.15, 0.2) is 45.1 Å². The summed E-state index contributed by atoms with van der Waals surface area (Å²) in [7, 11) is 0. The molecule has 7 heteroatoms. The van der Waals surface area contributed by atoms with Crippen LogP contribution in [0.2, 0.25) is 5.02 Å². The van der Waals surface area contributed by atoms with Crippen molar-refractivity contribution in [3.63, 3.8) is 0 Å². The highest BCUT2D eigenvalue weighted by atomic mass is 79.9. The van der Waals surface area contributed by atoms with Gasteiger partial charge in [-0.1, -0.05) is 41.6 Å². The van der Waals surface area contributed by atoms with Crippen molar-refractivity contribution in [3.8, 4) is 0 Å². The normalized spacial score (nSPS) is 17.0. The van der Waals surface area contributed by atoms with E-state index in [1.165, 1.54) is 16.7 Å². The zero-order valence-electron chi connectivity index (χ0n) is 10.4. The summed E-state index contributed by atoms with van der Waals surface area (Å²) < 4.78 is 1.30. The number of carbonyl (C=O) groups is 1. The van der Waals surface area contributed by atoms with E-state index < -0.39 is 0 Å². The van der Waals surface area contributed by atoms with Gasteiger partial charge in [0.15, 0.2) is 4.32 Å². The molecule has 0 spiro atoms. The minimum Gasteiger partial charge on any atom is -0.268 e. The minimum absolute atomic E-state index is 0.114. The number of anilines is 1. The molecule has 0 saturated carbocycles. The number of benzene rings is 1. The number of thiocarbonyl (C=S) groups is 1. The zero-order valence-corrected chi connectivity index (χ0v) is 15.2. The molecule has 1 fully saturated rings. The maximum atomic E-state index is 12.5. The third kappa shape index (κ3) is 3.10. The maximum absolute atomic E-state index is 12.5. The Morgan fingerprint density at radius 2 is 2.14 bits per heavy atom. The molecule has 21 heavy (non-hydrogen) atoms. The molecule has 0 aliphatic carbocycles. The first kappa shape index (κ1) is 15.2. The molecule has 0 radical (unpaired) electrons. The fraction of sp³-hybridized carbons (Fsp3) is 0. The van der Waals surface area contributed by atoms with Gasteiger partial charge < -0.3 is 0 Å². The summed E-state index contributed by atoms with van der Waals surface area (Å²) in [5, 5.41) is 2.52. The standard InChI is InChI=1S/C14H7BrClNOS3/c15-10-4-3-8(6-11(10)16)17-13(18)12(21-14(17)19)7-9-2-1-5-20-9/h1-7H/b12-7+. The monoisotopic (exact) mass is 415 g/mol. The molecule has 1 amide bonds. The van der Waals surface area contributed by atoms with Crippen molar-refractivity contribution in [2.45, 2.75) is 0 Å². The first-order valence-corrected chi connectivity index (χ1v) is 9.10. The van der Waals surface area contributed by atoms with Crippen molar-refractivity contribution in [2.24, 2.45) is 0 Å². The van der Waals surface area contributed by atoms with Crippen molar-refractivity contribution < 1.29 is 4.79 Å². The predicted octanol–water partition coefficient (Wildman–Crippen LogP) is 5.57. The third-order valence-corrected chi connectivity index (χ3v) is 6.13. The van der Waals surface area contributed by atoms with Crippen LogP contribution in [0.5, 0.6) is 0 Å². The van der Waals surface area contributed by atoms with Gasteiger partial charge in [0.25, 0.3) is 5.91 Å². The van der Waals surface area contributed by atoms with Crippen molar-refractivity contribution in [3.05, 3.63) is 55.0 Å². The van der Waals surface area contributed by atoms with Crippen LogP contribution in [0.3, 0.4) is 0 Å². The average molecular weight is 417 g/mol. The molecule has 0 N–H and O–H groups in total. The Morgan fingerprint density at radius 3 is 2.81 bits per heavy atom. The molecule has 1 aliphatic heterocycles. The van der Waals surface area contributed by atoms with Gasteiger partial charge in [0, 0.05) is 9.35 Å². The quantitative estimate of drug-likeness (QED) is 0.471. The Hall–Kier alpha value is -0.660. The van der Waals surface area contributed by atoms with E-state index in [-0.39, 0.29) is 5.91 Å². The average Bonchev–Trinajstić information content (AvgIpc) is 3.03. The maximum Gasteiger partial charge on any atom is 0.270 e. The summed E-state index contributed by atoms with van der Waals surface area (Å²) in [5.41, 5.74) is 0.681. The zero-order chi connectivity index (χ0) is 15.0. The lowest BCUT2D eigenvalue weighted by atomic mass is 10.3. The van der Waals surface area contributed by atoms with Gasteiger partial charge in [-0.15, -0.1) is 11.3 Å². The smallest absolute Gasteiger partial charge is 0.268 e. The Kier molecular flexibility index (Phi) is 4.51. The molecule has 2 nitrogen and oxygen atoms in total. The van der Waals surface area contributed by atoms with Gasteiger partial charge in [-0.2, -0.15) is 0 Å². The van der Waals surface area contributed by atoms with Gasteiger partial charge in [-0.3, -0.25) is 9.69 Å². The van der Waals surface area contributed by atoms with E-state index >= 15 is 0 Å². The fourth-order valence-electron chi connectivity index (χ4n) is 1.82. The number of hydrogen-bond donors (Lipinski definition) is 0. The van der Waals surface area contributed by atoms with Gasteiger partial charge in [0.05, 0.1) is 15.6 Å². The molecule has 106 valence electrons. The first-order valence-electron chi connectivity index (χ1n) is 5.83. The van der Waals surface area contributed by atoms with Crippen molar-refractivity contribution in [1.82, 2.24) is 0 Å². The number of nitrogens with zero attached hydrogens (tertiary/aromatic N) is 1. The van der Waals surface area contributed by atoms with Crippen molar-refractivity contribution >= 4 is 84.8 Å². The SMILES string of the molecule is O=C1/C(=C\c2cccs2)SC(=S)N1c1ccc(Br)c(Cl)c1. The third-order valence-electron chi connectivity index (χ3n) is 2.77. The number of rotatable bonds is 2. The van der Waals surface area contributed by atoms with Gasteiger partial charge in [-0.05, 0) is 51.7 Å². The number of thioether (sulfide) groups is 1. The summed E-state index contributed by atoms with van der Waals surface area (Å²) in [6.45, 7) is 0. The second kappa shape index (κ2) is 6.22. The lowest BCUT2D eigenvalue weighted by molar-refractivity contribution is -0.113. The lowest BCUT2D eigenvalue weighted by Gasteiger charge is -2.15. The van der Waals surface area contributed by atoms with Gasteiger partial charge in [0.2, 0.25) is 0 Å². The highest BCUT2D eigenvalue weighted by molar-refractivity contribution is 9.10. The van der Waals surface area contributed by atoms with Crippen molar-refractivity contribution in [2.75, 3.05) is 4.90 Å². The van der Waals surface area contributed by atoms with Crippen LogP contribution in [0.25, 0.3) is 6.08 Å². The summed E-state index contributed by atoms with van der Waals surface area (Å²) in [5.74, 6) is -0.114. The molecule has 1 aliphatic rings. The Balaban J connectivity index is 1.95. The summed E-state index contributed by atoms with van der Waals surface area (Å²) in [4.78, 5) is 15.7. The van der Waals surface area contributed by atoms with Gasteiger partial charge >= 0.3 is 0 Å². The number of halogens is 2. The van der Waals surface area contributed by atoms with Crippen LogP contribution in [0.4, 0.5) is 5.69 Å². The molecule has 2 aromatic rings. The Morgan fingerprint density at radius 1 is 1.33 bits per heavy atom. The Bertz CT molecular complexity index is 758. The Labute approximate surface area is 148 Å². The van der Waals surface area contributed by atoms with Crippen LogP contribution in [-0.4, -0.2) is 10.2 Å². The molecule has 1 aromatic carbocycles. The molecule has 2 heterocycles. The van der Waals surface area contributed by atoms with E-state index in [1.807, 2.05) is 29.7 Å². The molecule has 0 atom stereocenters. The number of carbonyl (C=O) groups excluding carboxylic acids is 1. The molecule has 1 saturated heterocycles. The number of hydrogen-bond acceptors (Lipinski definition) is 4. The lowest BCUT2D eigenvalue weighted by Crippen LogP contribution is -2.27. The number of amides is 1. The molecule has 0 unspecified atom stereocenters. The van der Waals surface area contributed by atoms with E-state index in [4.69, 9.17) is 23.8 Å². The van der Waals surface area contributed by atoms with E-state index in [1.54, 1.807) is 23.5 Å². The van der Waals surface area contributed by atoms with Crippen LogP contribution < -0.4 is 4.90 Å². The minimum atomic E-state index is -0.114. The van der Waals surface area contributed by atoms with Gasteiger partial charge in [-0.25, -0.2) is 0 Å². The first-order chi connectivity index (χ1) is 10.1. The summed E-state index contributed by atoms with van der Waals surface area (Å²) in [6, 6.07) is 9.26. The van der Waals surface area contributed by atoms with Crippen LogP contribution in [-0.2, 0) is 4.79 Å². The van der Waals surface area contributed by atoms with E-state index in [2.05, 4.69) is 15.9 Å². The predicted molar refractivity (Wildman–Crippen MR) is 99.1 cm³/mol. The largest absolute Gasteiger partial charge is 0.270 e. The van der Waals surface area contributed by atoms with Crippen molar-refractivity contribution in [1.29, 1.82) is 0 Å². The van der Waals surface area contributed by atoms with E-state index in [0.717, 1.165) is 9.35 Å². The number of thiophene rings is 1. The van der Waals surface area contributed by atoms with Gasteiger partial charge in [0.1, 0.15) is 0 Å². The molecule has 3 rings (SSSR count). The molecular formula is C14H7BrClNOS3. The molecule has 1 aromatic heterocycles. The second-order valence-electron chi connectivity index (χ2n) is 4.13. The van der Waals surface area contributed by atoms with Crippen LogP contribution in [0, 0.1) is 0 Å². The van der Waals surface area contributed by atoms with Crippen LogP contribution >= 0.6 is 62.8 Å². The topological polar surface area (TPSA) is 20.3 Å².